The Morgan fingerprint density at radius 1 is 1.05 bits per heavy atom. The lowest BCUT2D eigenvalue weighted by Crippen LogP contribution is -2.49. The second-order valence-corrected chi connectivity index (χ2v) is 11.3. The highest BCUT2D eigenvalue weighted by Gasteiger charge is 2.28. The minimum Gasteiger partial charge on any atom is -0.497 e. The number of nitrogens with zero attached hydrogens (tertiary/aromatic N) is 2. The summed E-state index contributed by atoms with van der Waals surface area (Å²) < 4.78 is 31.8. The molecule has 0 bridgehead atoms. The Morgan fingerprint density at radius 3 is 2.30 bits per heavy atom. The van der Waals surface area contributed by atoms with Gasteiger partial charge in [0.25, 0.3) is 0 Å². The molecule has 0 aromatic heterocycles. The highest BCUT2D eigenvalue weighted by molar-refractivity contribution is 7.92. The molecule has 2 rings (SSSR count). The maximum Gasteiger partial charge on any atom is 0.242 e. The quantitative estimate of drug-likeness (QED) is 0.394. The van der Waals surface area contributed by atoms with E-state index in [-0.39, 0.29) is 31.3 Å². The molecule has 0 saturated heterocycles. The molecule has 8 nitrogen and oxygen atoms in total. The fourth-order valence-electron chi connectivity index (χ4n) is 4.35. The average molecular weight is 532 g/mol. The molecule has 0 aliphatic rings. The van der Waals surface area contributed by atoms with E-state index in [9.17, 15) is 18.0 Å². The number of carbonyl (C=O) groups is 2. The van der Waals surface area contributed by atoms with Gasteiger partial charge in [-0.05, 0) is 74.1 Å². The predicted octanol–water partition coefficient (Wildman–Crippen LogP) is 4.19. The summed E-state index contributed by atoms with van der Waals surface area (Å²) in [6.45, 7) is 8.66. The van der Waals surface area contributed by atoms with Gasteiger partial charge in [-0.15, -0.1) is 0 Å². The van der Waals surface area contributed by atoms with Gasteiger partial charge in [0.15, 0.2) is 0 Å². The molecular formula is C28H41N3O5S. The van der Waals surface area contributed by atoms with Crippen molar-refractivity contribution in [3.63, 3.8) is 0 Å². The molecule has 0 radical (unpaired) electrons. The van der Waals surface area contributed by atoms with E-state index in [1.807, 2.05) is 70.2 Å². The number of methoxy groups -OCH3 is 1. The molecule has 1 unspecified atom stereocenters. The third kappa shape index (κ3) is 9.07. The zero-order valence-electron chi connectivity index (χ0n) is 22.9. The Labute approximate surface area is 222 Å². The second-order valence-electron chi connectivity index (χ2n) is 9.37. The molecule has 37 heavy (non-hydrogen) atoms. The van der Waals surface area contributed by atoms with Crippen molar-refractivity contribution in [3.05, 3.63) is 59.2 Å². The summed E-state index contributed by atoms with van der Waals surface area (Å²) in [7, 11) is -1.96. The Kier molecular flexibility index (Phi) is 11.4. The van der Waals surface area contributed by atoms with Gasteiger partial charge in [0.1, 0.15) is 11.8 Å². The van der Waals surface area contributed by atoms with Crippen LogP contribution in [0.1, 0.15) is 56.2 Å². The first kappa shape index (κ1) is 30.2. The number of hydrogen-bond acceptors (Lipinski definition) is 5. The summed E-state index contributed by atoms with van der Waals surface area (Å²) in [6.07, 6.45) is 2.86. The molecule has 0 saturated carbocycles. The Morgan fingerprint density at radius 2 is 1.73 bits per heavy atom. The third-order valence-electron chi connectivity index (χ3n) is 6.07. The van der Waals surface area contributed by atoms with Gasteiger partial charge in [0.05, 0.1) is 19.1 Å². The molecule has 0 spiro atoms. The summed E-state index contributed by atoms with van der Waals surface area (Å²) in [5.74, 6) is 0.286. The maximum absolute atomic E-state index is 13.5. The SMILES string of the molecule is CCCNC(=O)C(CC)N(Cc1cccc(OC)c1)C(=O)CCCN(c1cc(C)cc(C)c1)S(C)(=O)=O. The number of carbonyl (C=O) groups excluding carboxylic acids is 2. The molecule has 0 fully saturated rings. The van der Waals surface area contributed by atoms with Crippen molar-refractivity contribution in [2.75, 3.05) is 30.8 Å². The van der Waals surface area contributed by atoms with Gasteiger partial charge in [-0.2, -0.15) is 0 Å². The summed E-state index contributed by atoms with van der Waals surface area (Å²) >= 11 is 0. The Bertz CT molecular complexity index is 1150. The van der Waals surface area contributed by atoms with E-state index in [0.29, 0.717) is 30.8 Å². The van der Waals surface area contributed by atoms with Crippen molar-refractivity contribution >= 4 is 27.5 Å². The Hall–Kier alpha value is -3.07. The number of nitrogens with one attached hydrogen (secondary N) is 1. The Balaban J connectivity index is 2.25. The fourth-order valence-corrected chi connectivity index (χ4v) is 5.30. The zero-order valence-corrected chi connectivity index (χ0v) is 23.7. The van der Waals surface area contributed by atoms with Crippen LogP contribution in [0, 0.1) is 13.8 Å². The van der Waals surface area contributed by atoms with Gasteiger partial charge in [-0.1, -0.05) is 32.0 Å². The van der Waals surface area contributed by atoms with E-state index in [4.69, 9.17) is 4.74 Å². The van der Waals surface area contributed by atoms with Crippen molar-refractivity contribution in [2.45, 2.75) is 66.0 Å². The van der Waals surface area contributed by atoms with Crippen molar-refractivity contribution in [1.29, 1.82) is 0 Å². The lowest BCUT2D eigenvalue weighted by atomic mass is 10.1. The molecule has 2 amide bonds. The molecule has 0 aliphatic heterocycles. The number of sulfonamides is 1. The number of aryl methyl sites for hydroxylation is 2. The highest BCUT2D eigenvalue weighted by Crippen LogP contribution is 2.23. The van der Waals surface area contributed by atoms with E-state index in [2.05, 4.69) is 5.32 Å². The van der Waals surface area contributed by atoms with Crippen LogP contribution in [-0.2, 0) is 26.2 Å². The molecule has 204 valence electrons. The van der Waals surface area contributed by atoms with Crippen LogP contribution in [0.5, 0.6) is 5.75 Å². The minimum atomic E-state index is -3.54. The maximum atomic E-state index is 13.5. The van der Waals surface area contributed by atoms with Crippen LogP contribution in [0.3, 0.4) is 0 Å². The van der Waals surface area contributed by atoms with E-state index in [1.165, 1.54) is 10.6 Å². The zero-order chi connectivity index (χ0) is 27.6. The van der Waals surface area contributed by atoms with Crippen molar-refractivity contribution < 1.29 is 22.7 Å². The normalized spacial score (nSPS) is 12.1. The van der Waals surface area contributed by atoms with Crippen LogP contribution >= 0.6 is 0 Å². The van der Waals surface area contributed by atoms with Gasteiger partial charge >= 0.3 is 0 Å². The van der Waals surface area contributed by atoms with Crippen LogP contribution in [0.15, 0.2) is 42.5 Å². The topological polar surface area (TPSA) is 96.0 Å². The van der Waals surface area contributed by atoms with Gasteiger partial charge in [-0.3, -0.25) is 13.9 Å². The largest absolute Gasteiger partial charge is 0.497 e. The van der Waals surface area contributed by atoms with E-state index in [0.717, 1.165) is 23.1 Å². The first-order chi connectivity index (χ1) is 17.5. The van der Waals surface area contributed by atoms with Gasteiger partial charge in [0.2, 0.25) is 21.8 Å². The first-order valence-corrected chi connectivity index (χ1v) is 14.6. The lowest BCUT2D eigenvalue weighted by molar-refractivity contribution is -0.141. The molecule has 2 aromatic carbocycles. The summed E-state index contributed by atoms with van der Waals surface area (Å²) in [6, 6.07) is 12.4. The molecular weight excluding hydrogens is 490 g/mol. The van der Waals surface area contributed by atoms with Crippen LogP contribution in [0.2, 0.25) is 0 Å². The molecule has 0 aliphatic carbocycles. The third-order valence-corrected chi connectivity index (χ3v) is 7.26. The molecule has 2 aromatic rings. The van der Waals surface area contributed by atoms with Crippen LogP contribution in [0.4, 0.5) is 5.69 Å². The van der Waals surface area contributed by atoms with E-state index in [1.54, 1.807) is 12.0 Å². The van der Waals surface area contributed by atoms with Gasteiger partial charge in [-0.25, -0.2) is 8.42 Å². The summed E-state index contributed by atoms with van der Waals surface area (Å²) in [5, 5.41) is 2.91. The van der Waals surface area contributed by atoms with Gasteiger partial charge in [0, 0.05) is 26.1 Å². The average Bonchev–Trinajstić information content (AvgIpc) is 2.83. The highest BCUT2D eigenvalue weighted by atomic mass is 32.2. The predicted molar refractivity (Wildman–Crippen MR) is 148 cm³/mol. The monoisotopic (exact) mass is 531 g/mol. The standard InChI is InChI=1S/C28H41N3O5S/c1-7-14-29-28(33)26(8-2)30(20-23-11-9-12-25(19-23)36-5)27(32)13-10-15-31(37(6,34)35)24-17-21(3)16-22(4)18-24/h9,11-12,16-19,26H,7-8,10,13-15,20H2,1-6H3,(H,29,33). The first-order valence-electron chi connectivity index (χ1n) is 12.8. The van der Waals surface area contributed by atoms with E-state index < -0.39 is 16.1 Å². The number of benzene rings is 2. The number of ether oxygens (including phenoxy) is 1. The molecule has 9 heteroatoms. The number of hydrogen-bond donors (Lipinski definition) is 1. The smallest absolute Gasteiger partial charge is 0.242 e. The molecule has 1 atom stereocenters. The number of amides is 2. The minimum absolute atomic E-state index is 0.109. The molecule has 0 heterocycles. The lowest BCUT2D eigenvalue weighted by Gasteiger charge is -2.31. The number of anilines is 1. The van der Waals surface area contributed by atoms with E-state index >= 15 is 0 Å². The van der Waals surface area contributed by atoms with Crippen molar-refractivity contribution in [2.24, 2.45) is 0 Å². The fraction of sp³-hybridized carbons (Fsp3) is 0.500. The van der Waals surface area contributed by atoms with Crippen LogP contribution < -0.4 is 14.4 Å². The molecule has 1 N–H and O–H groups in total. The van der Waals surface area contributed by atoms with Crippen LogP contribution in [-0.4, -0.2) is 57.6 Å². The van der Waals surface area contributed by atoms with Crippen LogP contribution in [0.25, 0.3) is 0 Å². The van der Waals surface area contributed by atoms with Crippen molar-refractivity contribution in [1.82, 2.24) is 10.2 Å². The summed E-state index contributed by atoms with van der Waals surface area (Å²) in [5.41, 5.74) is 3.37. The number of rotatable bonds is 14. The van der Waals surface area contributed by atoms with Gasteiger partial charge < -0.3 is 15.0 Å². The second kappa shape index (κ2) is 14.0. The summed E-state index contributed by atoms with van der Waals surface area (Å²) in [4.78, 5) is 28.0. The van der Waals surface area contributed by atoms with Crippen molar-refractivity contribution in [3.8, 4) is 5.75 Å².